The number of imide groups is 1. The highest BCUT2D eigenvalue weighted by atomic mass is 32.2. The van der Waals surface area contributed by atoms with E-state index in [2.05, 4.69) is 10.6 Å². The fourth-order valence-electron chi connectivity index (χ4n) is 2.48. The quantitative estimate of drug-likeness (QED) is 0.560. The Bertz CT molecular complexity index is 968. The normalized spacial score (nSPS) is 11.2. The van der Waals surface area contributed by atoms with Crippen LogP contribution >= 0.6 is 11.3 Å². The second-order valence-electron chi connectivity index (χ2n) is 6.00. The lowest BCUT2D eigenvalue weighted by atomic mass is 10.2. The maximum Gasteiger partial charge on any atom is 0.338 e. The molecule has 0 spiro atoms. The molecule has 0 fully saturated rings. The van der Waals surface area contributed by atoms with Crippen LogP contribution in [-0.4, -0.2) is 50.3 Å². The fourth-order valence-corrected chi connectivity index (χ4v) is 4.58. The van der Waals surface area contributed by atoms with Crippen LogP contribution in [0.15, 0.2) is 46.7 Å². The molecule has 1 aromatic carbocycles. The van der Waals surface area contributed by atoms with Crippen LogP contribution in [0.1, 0.15) is 29.1 Å². The monoisotopic (exact) mass is 453 g/mol. The van der Waals surface area contributed by atoms with Crippen molar-refractivity contribution >= 4 is 39.3 Å². The first kappa shape index (κ1) is 23.5. The van der Waals surface area contributed by atoms with E-state index in [9.17, 15) is 22.8 Å². The van der Waals surface area contributed by atoms with Gasteiger partial charge in [-0.05, 0) is 35.7 Å². The van der Waals surface area contributed by atoms with Gasteiger partial charge in [0, 0.05) is 18.0 Å². The molecule has 0 bridgehead atoms. The van der Waals surface area contributed by atoms with Crippen molar-refractivity contribution in [3.63, 3.8) is 0 Å². The van der Waals surface area contributed by atoms with Gasteiger partial charge in [-0.25, -0.2) is 18.0 Å². The van der Waals surface area contributed by atoms with Crippen molar-refractivity contribution < 1.29 is 27.5 Å². The minimum Gasteiger partial charge on any atom is -0.452 e. The van der Waals surface area contributed by atoms with Gasteiger partial charge >= 0.3 is 12.0 Å². The maximum atomic E-state index is 12.4. The Morgan fingerprint density at radius 2 is 1.73 bits per heavy atom. The fraction of sp³-hybridized carbons (Fsp3) is 0.316. The Morgan fingerprint density at radius 1 is 1.07 bits per heavy atom. The number of esters is 1. The molecule has 1 heterocycles. The summed E-state index contributed by atoms with van der Waals surface area (Å²) >= 11 is 1.46. The van der Waals surface area contributed by atoms with E-state index in [1.165, 1.54) is 39.9 Å². The molecule has 30 heavy (non-hydrogen) atoms. The average molecular weight is 454 g/mol. The van der Waals surface area contributed by atoms with Crippen LogP contribution < -0.4 is 10.6 Å². The molecule has 0 aliphatic heterocycles. The van der Waals surface area contributed by atoms with Crippen molar-refractivity contribution in [2.45, 2.75) is 25.3 Å². The highest BCUT2D eigenvalue weighted by molar-refractivity contribution is 7.89. The second kappa shape index (κ2) is 10.9. The first-order valence-electron chi connectivity index (χ1n) is 9.15. The Labute approximate surface area is 179 Å². The molecule has 0 radical (unpaired) electrons. The van der Waals surface area contributed by atoms with Crippen molar-refractivity contribution in [3.8, 4) is 0 Å². The summed E-state index contributed by atoms with van der Waals surface area (Å²) in [6, 6.07) is 8.22. The van der Waals surface area contributed by atoms with Crippen molar-refractivity contribution in [2.24, 2.45) is 0 Å². The lowest BCUT2D eigenvalue weighted by Crippen LogP contribution is -2.41. The van der Waals surface area contributed by atoms with Crippen molar-refractivity contribution in [2.75, 3.05) is 19.7 Å². The van der Waals surface area contributed by atoms with Gasteiger partial charge < -0.3 is 10.1 Å². The maximum absolute atomic E-state index is 12.4. The standard InChI is InChI=1S/C19H23N3O6S2/c1-3-22(4-2)30(26,27)16-9-7-14(8-10-16)18(24)28-13-17(23)21-19(25)20-12-15-6-5-11-29-15/h5-11H,3-4,12-13H2,1-2H3,(H2,20,21,23,25). The van der Waals surface area contributed by atoms with Crippen LogP contribution in [0.2, 0.25) is 0 Å². The molecule has 0 atom stereocenters. The van der Waals surface area contributed by atoms with Crippen LogP contribution in [0, 0.1) is 0 Å². The van der Waals surface area contributed by atoms with E-state index in [-0.39, 0.29) is 17.0 Å². The molecule has 162 valence electrons. The van der Waals surface area contributed by atoms with Gasteiger partial charge in [-0.3, -0.25) is 10.1 Å². The number of benzene rings is 1. The third kappa shape index (κ3) is 6.37. The third-order valence-electron chi connectivity index (χ3n) is 4.02. The largest absolute Gasteiger partial charge is 0.452 e. The lowest BCUT2D eigenvalue weighted by molar-refractivity contribution is -0.123. The lowest BCUT2D eigenvalue weighted by Gasteiger charge is -2.18. The molecule has 9 nitrogen and oxygen atoms in total. The highest BCUT2D eigenvalue weighted by Gasteiger charge is 2.22. The number of rotatable bonds is 9. The van der Waals surface area contributed by atoms with Crippen molar-refractivity contribution in [1.29, 1.82) is 0 Å². The predicted octanol–water partition coefficient (Wildman–Crippen LogP) is 1.96. The van der Waals surface area contributed by atoms with Gasteiger partial charge in [0.2, 0.25) is 10.0 Å². The van der Waals surface area contributed by atoms with Crippen molar-refractivity contribution in [3.05, 3.63) is 52.2 Å². The molecule has 0 saturated carbocycles. The third-order valence-corrected chi connectivity index (χ3v) is 6.96. The number of sulfonamides is 1. The Balaban J connectivity index is 1.84. The molecule has 0 aliphatic rings. The number of amides is 3. The number of hydrogen-bond acceptors (Lipinski definition) is 7. The zero-order valence-corrected chi connectivity index (χ0v) is 18.2. The minimum absolute atomic E-state index is 0.0582. The first-order chi connectivity index (χ1) is 14.3. The molecule has 2 rings (SSSR count). The van der Waals surface area contributed by atoms with Crippen LogP contribution in [0.25, 0.3) is 0 Å². The van der Waals surface area contributed by atoms with Gasteiger partial charge in [-0.1, -0.05) is 19.9 Å². The van der Waals surface area contributed by atoms with E-state index < -0.39 is 34.5 Å². The Kier molecular flexibility index (Phi) is 8.51. The number of carbonyl (C=O) groups excluding carboxylic acids is 3. The van der Waals surface area contributed by atoms with E-state index in [1.807, 2.05) is 17.5 Å². The molecule has 3 amide bonds. The number of ether oxygens (including phenoxy) is 1. The van der Waals surface area contributed by atoms with Crippen LogP contribution in [0.3, 0.4) is 0 Å². The zero-order chi connectivity index (χ0) is 22.1. The van der Waals surface area contributed by atoms with Gasteiger partial charge in [0.05, 0.1) is 17.0 Å². The van der Waals surface area contributed by atoms with Crippen LogP contribution in [0.5, 0.6) is 0 Å². The van der Waals surface area contributed by atoms with Gasteiger partial charge in [0.15, 0.2) is 6.61 Å². The summed E-state index contributed by atoms with van der Waals surface area (Å²) in [5.74, 6) is -1.59. The molecule has 0 aliphatic carbocycles. The van der Waals surface area contributed by atoms with Gasteiger partial charge in [0.25, 0.3) is 5.91 Å². The first-order valence-corrected chi connectivity index (χ1v) is 11.5. The average Bonchev–Trinajstić information content (AvgIpc) is 3.25. The number of thiophene rings is 1. The smallest absolute Gasteiger partial charge is 0.338 e. The molecule has 11 heteroatoms. The number of nitrogens with one attached hydrogen (secondary N) is 2. The van der Waals surface area contributed by atoms with Gasteiger partial charge in [-0.15, -0.1) is 11.3 Å². The SMILES string of the molecule is CCN(CC)S(=O)(=O)c1ccc(C(=O)OCC(=O)NC(=O)NCc2cccs2)cc1. The van der Waals surface area contributed by atoms with Gasteiger partial charge in [-0.2, -0.15) is 4.31 Å². The summed E-state index contributed by atoms with van der Waals surface area (Å²) in [5, 5.41) is 6.44. The Morgan fingerprint density at radius 3 is 2.30 bits per heavy atom. The molecular formula is C19H23N3O6S2. The van der Waals surface area contributed by atoms with Gasteiger partial charge in [0.1, 0.15) is 0 Å². The summed E-state index contributed by atoms with van der Waals surface area (Å²) in [5.41, 5.74) is 0.0865. The summed E-state index contributed by atoms with van der Waals surface area (Å²) in [4.78, 5) is 36.5. The number of hydrogen-bond donors (Lipinski definition) is 2. The Hall–Kier alpha value is -2.76. The molecular weight excluding hydrogens is 430 g/mol. The van der Waals surface area contributed by atoms with Crippen LogP contribution in [0.4, 0.5) is 4.79 Å². The molecule has 2 N–H and O–H groups in total. The molecule has 2 aromatic rings. The number of nitrogens with zero attached hydrogens (tertiary/aromatic N) is 1. The molecule has 1 aromatic heterocycles. The summed E-state index contributed by atoms with van der Waals surface area (Å²) in [6.45, 7) is 3.77. The topological polar surface area (TPSA) is 122 Å². The minimum atomic E-state index is -3.63. The predicted molar refractivity (Wildman–Crippen MR) is 112 cm³/mol. The zero-order valence-electron chi connectivity index (χ0n) is 16.6. The number of urea groups is 1. The van der Waals surface area contributed by atoms with E-state index in [0.717, 1.165) is 4.88 Å². The molecule has 0 saturated heterocycles. The summed E-state index contributed by atoms with van der Waals surface area (Å²) in [6.07, 6.45) is 0. The van der Waals surface area contributed by atoms with E-state index in [4.69, 9.17) is 4.74 Å². The molecule has 0 unspecified atom stereocenters. The second-order valence-corrected chi connectivity index (χ2v) is 8.97. The van der Waals surface area contributed by atoms with E-state index in [0.29, 0.717) is 13.1 Å². The summed E-state index contributed by atoms with van der Waals surface area (Å²) in [7, 11) is -3.63. The van der Waals surface area contributed by atoms with E-state index in [1.54, 1.807) is 13.8 Å². The highest BCUT2D eigenvalue weighted by Crippen LogP contribution is 2.16. The van der Waals surface area contributed by atoms with E-state index >= 15 is 0 Å². The van der Waals surface area contributed by atoms with Crippen LogP contribution in [-0.2, 0) is 26.1 Å². The number of carbonyl (C=O) groups is 3. The summed E-state index contributed by atoms with van der Waals surface area (Å²) < 4.78 is 31.1. The van der Waals surface area contributed by atoms with Crippen molar-refractivity contribution in [1.82, 2.24) is 14.9 Å².